The minimum absolute atomic E-state index is 0.0397. The molecule has 0 amide bonds. The topological polar surface area (TPSA) is 99.0 Å². The molecule has 1 saturated carbocycles. The largest absolute Gasteiger partial charge is 0.481 e. The molecule has 4 atom stereocenters. The van der Waals surface area contributed by atoms with E-state index < -0.39 is 18.2 Å². The van der Waals surface area contributed by atoms with Gasteiger partial charge >= 0.3 is 5.97 Å². The van der Waals surface area contributed by atoms with E-state index in [1.165, 1.54) is 0 Å². The number of aliphatic carboxylic acids is 1. The molecular formula is C15H23NO5. The molecule has 21 heavy (non-hydrogen) atoms. The highest BCUT2D eigenvalue weighted by Gasteiger charge is 2.44. The molecule has 0 bridgehead atoms. The number of hydrogen-bond donors (Lipinski definition) is 4. The summed E-state index contributed by atoms with van der Waals surface area (Å²) in [6.07, 6.45) is 4.80. The maximum atomic E-state index is 10.4. The number of rotatable bonds is 8. The van der Waals surface area contributed by atoms with Crippen molar-refractivity contribution in [1.29, 1.82) is 0 Å². The Kier molecular flexibility index (Phi) is 5.39. The standard InChI is InChI=1S/C15H23NO5/c1-2-9(17)3-4-10-11-7-13(12(11)8-14(10)18)16-21-6-5-15(19)20/h3-4,9-11,14,16-18H,2,5-8H2,1H3,(H,19,20)/t9?,10?,11-,14?/m0/s1. The van der Waals surface area contributed by atoms with Gasteiger partial charge in [0, 0.05) is 11.6 Å². The Bertz CT molecular complexity index is 445. The molecule has 2 aliphatic rings. The quantitative estimate of drug-likeness (QED) is 0.303. The van der Waals surface area contributed by atoms with Crippen LogP contribution in [0.15, 0.2) is 23.4 Å². The molecule has 6 nitrogen and oxygen atoms in total. The SMILES string of the molecule is CCC(O)C=CC1C(O)CC2=C(NOCCC(=O)O)C[C@H]21. The number of aliphatic hydroxyl groups is 2. The summed E-state index contributed by atoms with van der Waals surface area (Å²) in [4.78, 5) is 15.5. The Balaban J connectivity index is 1.84. The molecule has 0 radical (unpaired) electrons. The van der Waals surface area contributed by atoms with Crippen LogP contribution < -0.4 is 5.48 Å². The highest BCUT2D eigenvalue weighted by molar-refractivity contribution is 5.66. The second kappa shape index (κ2) is 7.06. The fraction of sp³-hybridized carbons (Fsp3) is 0.667. The van der Waals surface area contributed by atoms with Crippen LogP contribution in [0, 0.1) is 11.8 Å². The lowest BCUT2D eigenvalue weighted by Crippen LogP contribution is -2.30. The molecule has 0 aliphatic heterocycles. The van der Waals surface area contributed by atoms with Gasteiger partial charge in [0.05, 0.1) is 25.2 Å². The van der Waals surface area contributed by atoms with Crippen molar-refractivity contribution in [1.82, 2.24) is 5.48 Å². The van der Waals surface area contributed by atoms with Gasteiger partial charge in [-0.3, -0.25) is 15.1 Å². The van der Waals surface area contributed by atoms with Crippen LogP contribution in [0.4, 0.5) is 0 Å². The van der Waals surface area contributed by atoms with Crippen molar-refractivity contribution in [3.8, 4) is 0 Å². The molecule has 0 heterocycles. The van der Waals surface area contributed by atoms with Crippen LogP contribution in [-0.2, 0) is 9.63 Å². The van der Waals surface area contributed by atoms with Crippen molar-refractivity contribution >= 4 is 5.97 Å². The van der Waals surface area contributed by atoms with E-state index in [0.29, 0.717) is 18.8 Å². The first kappa shape index (κ1) is 16.0. The fourth-order valence-corrected chi connectivity index (χ4v) is 2.88. The Hall–Kier alpha value is -1.37. The summed E-state index contributed by atoms with van der Waals surface area (Å²) in [6, 6.07) is 0. The maximum absolute atomic E-state index is 10.4. The van der Waals surface area contributed by atoms with E-state index in [0.717, 1.165) is 17.7 Å². The third-order valence-corrected chi connectivity index (χ3v) is 4.18. The van der Waals surface area contributed by atoms with Crippen LogP contribution in [0.2, 0.25) is 0 Å². The average Bonchev–Trinajstić information content (AvgIpc) is 2.68. The summed E-state index contributed by atoms with van der Waals surface area (Å²) in [6.45, 7) is 2.02. The first-order chi connectivity index (χ1) is 10.0. The predicted molar refractivity (Wildman–Crippen MR) is 76.0 cm³/mol. The fourth-order valence-electron chi connectivity index (χ4n) is 2.88. The third kappa shape index (κ3) is 3.84. The zero-order valence-electron chi connectivity index (χ0n) is 12.2. The van der Waals surface area contributed by atoms with Gasteiger partial charge in [-0.25, -0.2) is 0 Å². The first-order valence-electron chi connectivity index (χ1n) is 7.38. The molecule has 2 aliphatic carbocycles. The number of carboxylic acids is 1. The molecule has 3 unspecified atom stereocenters. The number of aliphatic hydroxyl groups excluding tert-OH is 2. The van der Waals surface area contributed by atoms with Crippen LogP contribution >= 0.6 is 0 Å². The number of hydrogen-bond acceptors (Lipinski definition) is 5. The van der Waals surface area contributed by atoms with Crippen LogP contribution in [0.5, 0.6) is 0 Å². The summed E-state index contributed by atoms with van der Waals surface area (Å²) in [7, 11) is 0. The molecule has 4 N–H and O–H groups in total. The van der Waals surface area contributed by atoms with Crippen molar-refractivity contribution in [2.45, 2.75) is 44.8 Å². The monoisotopic (exact) mass is 297 g/mol. The Morgan fingerprint density at radius 1 is 1.52 bits per heavy atom. The normalized spacial score (nSPS) is 29.4. The average molecular weight is 297 g/mol. The number of fused-ring (bicyclic) bond motifs is 1. The highest BCUT2D eigenvalue weighted by atomic mass is 16.6. The minimum atomic E-state index is -0.892. The number of hydroxylamine groups is 1. The Morgan fingerprint density at radius 2 is 2.29 bits per heavy atom. The van der Waals surface area contributed by atoms with Gasteiger partial charge in [-0.15, -0.1) is 0 Å². The summed E-state index contributed by atoms with van der Waals surface area (Å²) in [5.41, 5.74) is 4.90. The van der Waals surface area contributed by atoms with Gasteiger partial charge in [0.2, 0.25) is 0 Å². The van der Waals surface area contributed by atoms with Gasteiger partial charge in [-0.05, 0) is 30.8 Å². The van der Waals surface area contributed by atoms with E-state index >= 15 is 0 Å². The van der Waals surface area contributed by atoms with Gasteiger partial charge in [-0.2, -0.15) is 0 Å². The number of nitrogens with one attached hydrogen (secondary N) is 1. The van der Waals surface area contributed by atoms with Crippen LogP contribution in [-0.4, -0.2) is 40.1 Å². The Morgan fingerprint density at radius 3 is 2.95 bits per heavy atom. The van der Waals surface area contributed by atoms with Crippen LogP contribution in [0.25, 0.3) is 0 Å². The van der Waals surface area contributed by atoms with Crippen LogP contribution in [0.1, 0.15) is 32.6 Å². The molecule has 6 heteroatoms. The van der Waals surface area contributed by atoms with Crippen molar-refractivity contribution in [3.05, 3.63) is 23.4 Å². The lowest BCUT2D eigenvalue weighted by atomic mass is 9.79. The number of carboxylic acid groups (broad SMARTS) is 1. The number of allylic oxidation sites excluding steroid dienone is 1. The molecule has 1 fully saturated rings. The van der Waals surface area contributed by atoms with E-state index in [1.54, 1.807) is 6.08 Å². The highest BCUT2D eigenvalue weighted by Crippen LogP contribution is 2.49. The van der Waals surface area contributed by atoms with E-state index in [4.69, 9.17) is 9.94 Å². The van der Waals surface area contributed by atoms with Crippen molar-refractivity contribution < 1.29 is 25.0 Å². The van der Waals surface area contributed by atoms with Gasteiger partial charge in [0.15, 0.2) is 0 Å². The molecular weight excluding hydrogens is 274 g/mol. The van der Waals surface area contributed by atoms with Gasteiger partial charge in [0.1, 0.15) is 0 Å². The molecule has 118 valence electrons. The molecule has 0 spiro atoms. The third-order valence-electron chi connectivity index (χ3n) is 4.18. The zero-order valence-corrected chi connectivity index (χ0v) is 12.2. The first-order valence-corrected chi connectivity index (χ1v) is 7.38. The van der Waals surface area contributed by atoms with Crippen LogP contribution in [0.3, 0.4) is 0 Å². The molecule has 2 rings (SSSR count). The number of carbonyl (C=O) groups is 1. The van der Waals surface area contributed by atoms with E-state index in [1.807, 2.05) is 13.0 Å². The van der Waals surface area contributed by atoms with Gasteiger partial charge in [0.25, 0.3) is 0 Å². The second-order valence-corrected chi connectivity index (χ2v) is 5.62. The second-order valence-electron chi connectivity index (χ2n) is 5.62. The van der Waals surface area contributed by atoms with Gasteiger partial charge < -0.3 is 15.3 Å². The minimum Gasteiger partial charge on any atom is -0.481 e. The maximum Gasteiger partial charge on any atom is 0.305 e. The van der Waals surface area contributed by atoms with Crippen molar-refractivity contribution in [2.24, 2.45) is 11.8 Å². The summed E-state index contributed by atoms with van der Waals surface area (Å²) >= 11 is 0. The lowest BCUT2D eigenvalue weighted by molar-refractivity contribution is -0.138. The predicted octanol–water partition coefficient (Wildman–Crippen LogP) is 0.964. The van der Waals surface area contributed by atoms with E-state index in [9.17, 15) is 15.0 Å². The lowest BCUT2D eigenvalue weighted by Gasteiger charge is -2.31. The summed E-state index contributed by atoms with van der Waals surface area (Å²) < 4.78 is 0. The molecule has 0 aromatic heterocycles. The van der Waals surface area contributed by atoms with Gasteiger partial charge in [-0.1, -0.05) is 19.1 Å². The smallest absolute Gasteiger partial charge is 0.305 e. The van der Waals surface area contributed by atoms with Crippen molar-refractivity contribution in [3.63, 3.8) is 0 Å². The summed E-state index contributed by atoms with van der Waals surface area (Å²) in [5.74, 6) is -0.548. The van der Waals surface area contributed by atoms with Crippen molar-refractivity contribution in [2.75, 3.05) is 6.61 Å². The molecule has 0 saturated heterocycles. The summed E-state index contributed by atoms with van der Waals surface area (Å²) in [5, 5.41) is 28.2. The van der Waals surface area contributed by atoms with E-state index in [-0.39, 0.29) is 18.9 Å². The van der Waals surface area contributed by atoms with E-state index in [2.05, 4.69) is 5.48 Å². The molecule has 0 aromatic rings. The molecule has 0 aromatic carbocycles. The zero-order chi connectivity index (χ0) is 15.4. The Labute approximate surface area is 124 Å².